The van der Waals surface area contributed by atoms with E-state index in [0.29, 0.717) is 12.0 Å². The zero-order chi connectivity index (χ0) is 20.4. The first-order valence-corrected chi connectivity index (χ1v) is 12.4. The van der Waals surface area contributed by atoms with Crippen LogP contribution in [0.5, 0.6) is 0 Å². The van der Waals surface area contributed by atoms with Crippen LogP contribution in [0.3, 0.4) is 0 Å². The fourth-order valence-electron chi connectivity index (χ4n) is 3.90. The van der Waals surface area contributed by atoms with Crippen molar-refractivity contribution in [3.8, 4) is 0 Å². The Labute approximate surface area is 220 Å². The minimum Gasteiger partial charge on any atom is -0.744 e. The summed E-state index contributed by atoms with van der Waals surface area (Å²) >= 11 is 0. The van der Waals surface area contributed by atoms with Gasteiger partial charge in [0.2, 0.25) is 0 Å². The largest absolute Gasteiger partial charge is 1.00 e. The van der Waals surface area contributed by atoms with Crippen LogP contribution in [-0.2, 0) is 23.0 Å². The Kier molecular flexibility index (Phi) is 13.5. The Balaban J connectivity index is 0.00000420. The molecule has 0 fully saturated rings. The number of hydrogen-bond acceptors (Lipinski definition) is 3. The van der Waals surface area contributed by atoms with Crippen molar-refractivity contribution in [2.24, 2.45) is 0 Å². The van der Waals surface area contributed by atoms with Gasteiger partial charge in [-0.1, -0.05) is 83.4 Å². The van der Waals surface area contributed by atoms with E-state index in [-0.39, 0.29) is 56.3 Å². The van der Waals surface area contributed by atoms with Gasteiger partial charge in [0.1, 0.15) is 10.1 Å². The summed E-state index contributed by atoms with van der Waals surface area (Å²) in [4.78, 5) is -0.0195. The quantitative estimate of drug-likeness (QED) is 0.269. The molecule has 0 amide bonds. The number of benzene rings is 2. The Morgan fingerprint density at radius 2 is 1.31 bits per heavy atom. The predicted molar refractivity (Wildman–Crippen MR) is 117 cm³/mol. The van der Waals surface area contributed by atoms with E-state index < -0.39 is 10.1 Å². The number of rotatable bonds is 13. The molecule has 0 aliphatic heterocycles. The molecule has 0 bridgehead atoms. The van der Waals surface area contributed by atoms with Crippen molar-refractivity contribution >= 4 is 20.9 Å². The van der Waals surface area contributed by atoms with Crippen LogP contribution in [0.25, 0.3) is 10.8 Å². The SMILES string of the molecule is CCCCCCCc1cc2cccc(CCCCCCC)c2cc1S(=O)(=O)[O-].[K+]. The molecule has 0 radical (unpaired) electrons. The van der Waals surface area contributed by atoms with Gasteiger partial charge in [-0.3, -0.25) is 0 Å². The van der Waals surface area contributed by atoms with Crippen LogP contribution >= 0.6 is 0 Å². The van der Waals surface area contributed by atoms with E-state index in [1.165, 1.54) is 38.5 Å². The molecule has 0 aliphatic rings. The Hall–Kier alpha value is 0.246. The molecule has 3 nitrogen and oxygen atoms in total. The molecule has 0 heterocycles. The van der Waals surface area contributed by atoms with E-state index >= 15 is 0 Å². The fourth-order valence-corrected chi connectivity index (χ4v) is 4.65. The van der Waals surface area contributed by atoms with Crippen LogP contribution in [0.4, 0.5) is 0 Å². The van der Waals surface area contributed by atoms with Gasteiger partial charge in [-0.25, -0.2) is 8.42 Å². The molecule has 0 atom stereocenters. The zero-order valence-electron chi connectivity index (χ0n) is 18.5. The number of fused-ring (bicyclic) bond motifs is 1. The van der Waals surface area contributed by atoms with Crippen molar-refractivity contribution in [3.05, 3.63) is 41.5 Å². The van der Waals surface area contributed by atoms with Gasteiger partial charge in [0.05, 0.1) is 4.90 Å². The first-order chi connectivity index (χ1) is 13.5. The van der Waals surface area contributed by atoms with Crippen LogP contribution in [0.2, 0.25) is 0 Å². The molecule has 2 rings (SSSR count). The maximum atomic E-state index is 11.9. The van der Waals surface area contributed by atoms with Gasteiger partial charge in [-0.2, -0.15) is 0 Å². The summed E-state index contributed by atoms with van der Waals surface area (Å²) < 4.78 is 35.8. The van der Waals surface area contributed by atoms with Crippen molar-refractivity contribution in [2.45, 2.75) is 95.8 Å². The molecule has 0 aromatic heterocycles. The normalized spacial score (nSPS) is 11.6. The maximum Gasteiger partial charge on any atom is 1.00 e. The minimum absolute atomic E-state index is 0. The number of unbranched alkanes of at least 4 members (excludes halogenated alkanes) is 8. The third kappa shape index (κ3) is 9.10. The second-order valence-electron chi connectivity index (χ2n) is 7.88. The van der Waals surface area contributed by atoms with Crippen molar-refractivity contribution in [2.75, 3.05) is 0 Å². The molecule has 0 N–H and O–H groups in total. The first kappa shape index (κ1) is 27.3. The summed E-state index contributed by atoms with van der Waals surface area (Å²) in [6.07, 6.45) is 13.1. The average molecular weight is 443 g/mol. The third-order valence-electron chi connectivity index (χ3n) is 5.52. The van der Waals surface area contributed by atoms with Crippen LogP contribution in [-0.4, -0.2) is 13.0 Å². The van der Waals surface area contributed by atoms with E-state index in [0.717, 1.165) is 48.4 Å². The molecule has 2 aromatic rings. The van der Waals surface area contributed by atoms with Crippen LogP contribution in [0.1, 0.15) is 89.2 Å². The zero-order valence-corrected chi connectivity index (χ0v) is 22.4. The van der Waals surface area contributed by atoms with Gasteiger partial charge in [-0.05, 0) is 59.7 Å². The molecule has 29 heavy (non-hydrogen) atoms. The van der Waals surface area contributed by atoms with Gasteiger partial charge in [0.25, 0.3) is 0 Å². The topological polar surface area (TPSA) is 57.2 Å². The summed E-state index contributed by atoms with van der Waals surface area (Å²) in [6, 6.07) is 9.70. The molecule has 0 aliphatic carbocycles. The Bertz CT molecular complexity index is 847. The Morgan fingerprint density at radius 1 is 0.759 bits per heavy atom. The van der Waals surface area contributed by atoms with E-state index in [2.05, 4.69) is 19.9 Å². The summed E-state index contributed by atoms with van der Waals surface area (Å²) in [6.45, 7) is 4.38. The molecule has 0 spiro atoms. The van der Waals surface area contributed by atoms with Gasteiger partial charge in [0, 0.05) is 0 Å². The van der Waals surface area contributed by atoms with Crippen LogP contribution < -0.4 is 51.4 Å². The molecular formula is C24H35KO3S. The molecule has 0 unspecified atom stereocenters. The van der Waals surface area contributed by atoms with E-state index in [1.54, 1.807) is 6.07 Å². The average Bonchev–Trinajstić information content (AvgIpc) is 2.66. The van der Waals surface area contributed by atoms with E-state index in [1.807, 2.05) is 18.2 Å². The second-order valence-corrected chi connectivity index (χ2v) is 9.23. The van der Waals surface area contributed by atoms with Gasteiger partial charge < -0.3 is 4.55 Å². The minimum atomic E-state index is -4.47. The first-order valence-electron chi connectivity index (χ1n) is 11.0. The summed E-state index contributed by atoms with van der Waals surface area (Å²) in [5.74, 6) is 0. The number of aryl methyl sites for hydroxylation is 2. The summed E-state index contributed by atoms with van der Waals surface area (Å²) in [7, 11) is -4.47. The molecular weight excluding hydrogens is 407 g/mol. The van der Waals surface area contributed by atoms with Gasteiger partial charge in [-0.15, -0.1) is 0 Å². The monoisotopic (exact) mass is 442 g/mol. The fraction of sp³-hybridized carbons (Fsp3) is 0.583. The van der Waals surface area contributed by atoms with Crippen molar-refractivity contribution in [1.29, 1.82) is 0 Å². The third-order valence-corrected chi connectivity index (χ3v) is 6.44. The predicted octanol–water partition coefficient (Wildman–Crippen LogP) is 3.77. The summed E-state index contributed by atoms with van der Waals surface area (Å²) in [5.41, 5.74) is 1.83. The summed E-state index contributed by atoms with van der Waals surface area (Å²) in [5, 5.41) is 1.96. The van der Waals surface area contributed by atoms with Crippen molar-refractivity contribution < 1.29 is 64.4 Å². The molecule has 156 valence electrons. The number of hydrogen-bond donors (Lipinski definition) is 0. The molecule has 0 saturated carbocycles. The smallest absolute Gasteiger partial charge is 0.744 e. The van der Waals surface area contributed by atoms with E-state index in [4.69, 9.17) is 0 Å². The van der Waals surface area contributed by atoms with Gasteiger partial charge >= 0.3 is 51.4 Å². The molecule has 5 heteroatoms. The van der Waals surface area contributed by atoms with Crippen molar-refractivity contribution in [1.82, 2.24) is 0 Å². The standard InChI is InChI=1S/C24H36O3S.K/c1-3-5-7-9-11-14-20-16-13-17-21-18-22(15-12-10-8-6-4-2)24(19-23(20)21)28(25,26)27;/h13,16-19H,3-12,14-15H2,1-2H3,(H,25,26,27);/q;+1/p-1. The molecule has 2 aromatic carbocycles. The van der Waals surface area contributed by atoms with Crippen LogP contribution in [0, 0.1) is 0 Å². The Morgan fingerprint density at radius 3 is 1.86 bits per heavy atom. The molecule has 0 saturated heterocycles. The van der Waals surface area contributed by atoms with Crippen molar-refractivity contribution in [3.63, 3.8) is 0 Å². The second kappa shape index (κ2) is 14.3. The van der Waals surface area contributed by atoms with Gasteiger partial charge in [0.15, 0.2) is 0 Å². The van der Waals surface area contributed by atoms with E-state index in [9.17, 15) is 13.0 Å². The maximum absolute atomic E-state index is 11.9. The van der Waals surface area contributed by atoms with Crippen LogP contribution in [0.15, 0.2) is 35.2 Å².